The number of likely N-dealkylation sites (N-methyl/N-ethyl adjacent to an activating group) is 1. The van der Waals surface area contributed by atoms with Crippen LogP contribution in [0.5, 0.6) is 11.5 Å². The Morgan fingerprint density at radius 2 is 1.87 bits per heavy atom. The van der Waals surface area contributed by atoms with Gasteiger partial charge in [-0.05, 0) is 37.3 Å². The van der Waals surface area contributed by atoms with E-state index in [-0.39, 0.29) is 18.4 Å². The number of fused-ring (bicyclic) bond motifs is 2. The monoisotopic (exact) mass is 406 g/mol. The van der Waals surface area contributed by atoms with Gasteiger partial charge < -0.3 is 24.1 Å². The molecular weight excluding hydrogens is 384 g/mol. The topological polar surface area (TPSA) is 81.0 Å². The number of amides is 2. The standard InChI is InChI=1S/C23H22N2O5/c1-2-25(23(27)10-8-18-13-16-5-3-4-6-19(16)30-18)15-22(26)24-17-7-9-20-21(14-17)29-12-11-28-20/h3-10,13-14H,2,11-12,15H2,1H3,(H,24,26)/b10-8+. The fourth-order valence-electron chi connectivity index (χ4n) is 3.18. The number of benzene rings is 2. The quantitative estimate of drug-likeness (QED) is 0.632. The van der Waals surface area contributed by atoms with Gasteiger partial charge in [0.2, 0.25) is 11.8 Å². The Labute approximate surface area is 173 Å². The van der Waals surface area contributed by atoms with E-state index in [2.05, 4.69) is 5.32 Å². The van der Waals surface area contributed by atoms with E-state index < -0.39 is 0 Å². The zero-order valence-corrected chi connectivity index (χ0v) is 16.6. The minimum atomic E-state index is -0.293. The van der Waals surface area contributed by atoms with Gasteiger partial charge in [-0.15, -0.1) is 0 Å². The van der Waals surface area contributed by atoms with Crippen molar-refractivity contribution in [3.63, 3.8) is 0 Å². The number of para-hydroxylation sites is 1. The Kier molecular flexibility index (Phi) is 5.70. The zero-order valence-electron chi connectivity index (χ0n) is 16.6. The first kappa shape index (κ1) is 19.6. The summed E-state index contributed by atoms with van der Waals surface area (Å²) in [5, 5.41) is 3.76. The lowest BCUT2D eigenvalue weighted by molar-refractivity contribution is -0.130. The van der Waals surface area contributed by atoms with E-state index in [1.165, 1.54) is 11.0 Å². The second kappa shape index (κ2) is 8.73. The molecule has 1 aliphatic heterocycles. The smallest absolute Gasteiger partial charge is 0.247 e. The van der Waals surface area contributed by atoms with Gasteiger partial charge in [0.25, 0.3) is 0 Å². The van der Waals surface area contributed by atoms with Crippen molar-refractivity contribution in [2.24, 2.45) is 0 Å². The third-order valence-corrected chi connectivity index (χ3v) is 4.69. The van der Waals surface area contributed by atoms with E-state index in [0.29, 0.717) is 42.7 Å². The molecule has 1 aromatic heterocycles. The molecule has 154 valence electrons. The van der Waals surface area contributed by atoms with E-state index in [1.54, 1.807) is 24.3 Å². The summed E-state index contributed by atoms with van der Waals surface area (Å²) >= 11 is 0. The molecule has 0 unspecified atom stereocenters. The van der Waals surface area contributed by atoms with Gasteiger partial charge in [-0.2, -0.15) is 0 Å². The van der Waals surface area contributed by atoms with Gasteiger partial charge in [0.1, 0.15) is 31.1 Å². The summed E-state index contributed by atoms with van der Waals surface area (Å²) in [4.78, 5) is 26.4. The average Bonchev–Trinajstić information content (AvgIpc) is 3.19. The molecule has 4 rings (SSSR count). The molecule has 30 heavy (non-hydrogen) atoms. The third-order valence-electron chi connectivity index (χ3n) is 4.69. The van der Waals surface area contributed by atoms with Crippen molar-refractivity contribution in [1.82, 2.24) is 4.90 Å². The first-order valence-corrected chi connectivity index (χ1v) is 9.77. The summed E-state index contributed by atoms with van der Waals surface area (Å²) < 4.78 is 16.7. The minimum absolute atomic E-state index is 0.0613. The molecule has 2 aromatic carbocycles. The number of carbonyl (C=O) groups excluding carboxylic acids is 2. The van der Waals surface area contributed by atoms with Gasteiger partial charge in [0.05, 0.1) is 0 Å². The maximum Gasteiger partial charge on any atom is 0.247 e. The zero-order chi connectivity index (χ0) is 20.9. The molecule has 0 aliphatic carbocycles. The number of ether oxygens (including phenoxy) is 2. The van der Waals surface area contributed by atoms with Crippen LogP contribution >= 0.6 is 0 Å². The van der Waals surface area contributed by atoms with Gasteiger partial charge in [-0.25, -0.2) is 0 Å². The second-order valence-corrected chi connectivity index (χ2v) is 6.78. The summed E-state index contributed by atoms with van der Waals surface area (Å²) in [7, 11) is 0. The second-order valence-electron chi connectivity index (χ2n) is 6.78. The first-order chi connectivity index (χ1) is 14.6. The van der Waals surface area contributed by atoms with Gasteiger partial charge in [0.15, 0.2) is 11.5 Å². The number of rotatable bonds is 6. The largest absolute Gasteiger partial charge is 0.486 e. The van der Waals surface area contributed by atoms with Crippen LogP contribution in [0.15, 0.2) is 59.0 Å². The van der Waals surface area contributed by atoms with Crippen molar-refractivity contribution in [3.8, 4) is 11.5 Å². The summed E-state index contributed by atoms with van der Waals surface area (Å²) in [6, 6.07) is 14.7. The maximum atomic E-state index is 12.5. The van der Waals surface area contributed by atoms with Crippen LogP contribution in [0.3, 0.4) is 0 Å². The summed E-state index contributed by atoms with van der Waals surface area (Å²) in [6.07, 6.45) is 3.03. The van der Waals surface area contributed by atoms with E-state index in [1.807, 2.05) is 37.3 Å². The molecule has 3 aromatic rings. The molecule has 2 heterocycles. The molecule has 0 saturated heterocycles. The SMILES string of the molecule is CCN(CC(=O)Nc1ccc2c(c1)OCCO2)C(=O)/C=C/c1cc2ccccc2o1. The molecule has 0 fully saturated rings. The molecule has 0 spiro atoms. The lowest BCUT2D eigenvalue weighted by atomic mass is 10.2. The molecule has 7 nitrogen and oxygen atoms in total. The number of nitrogens with zero attached hydrogens (tertiary/aromatic N) is 1. The highest BCUT2D eigenvalue weighted by Gasteiger charge is 2.16. The van der Waals surface area contributed by atoms with Crippen LogP contribution in [-0.2, 0) is 9.59 Å². The van der Waals surface area contributed by atoms with Crippen LogP contribution in [0.1, 0.15) is 12.7 Å². The molecule has 2 amide bonds. The van der Waals surface area contributed by atoms with Gasteiger partial charge in [0, 0.05) is 29.8 Å². The Morgan fingerprint density at radius 1 is 1.07 bits per heavy atom. The summed E-state index contributed by atoms with van der Waals surface area (Å²) in [5.41, 5.74) is 1.35. The average molecular weight is 406 g/mol. The Hall–Kier alpha value is -3.74. The van der Waals surface area contributed by atoms with Crippen molar-refractivity contribution >= 4 is 34.5 Å². The normalized spacial score (nSPS) is 12.8. The molecule has 0 bridgehead atoms. The highest BCUT2D eigenvalue weighted by atomic mass is 16.6. The predicted molar refractivity (Wildman–Crippen MR) is 114 cm³/mol. The molecular formula is C23H22N2O5. The van der Waals surface area contributed by atoms with Crippen molar-refractivity contribution in [3.05, 3.63) is 60.4 Å². The fraction of sp³-hybridized carbons (Fsp3) is 0.217. The number of carbonyl (C=O) groups is 2. The third kappa shape index (κ3) is 4.46. The van der Waals surface area contributed by atoms with Gasteiger partial charge in [-0.1, -0.05) is 18.2 Å². The van der Waals surface area contributed by atoms with Crippen LogP contribution in [0, 0.1) is 0 Å². The molecule has 1 aliphatic rings. The lowest BCUT2D eigenvalue weighted by Gasteiger charge is -2.20. The molecule has 1 N–H and O–H groups in total. The Morgan fingerprint density at radius 3 is 2.67 bits per heavy atom. The predicted octanol–water partition coefficient (Wildman–Crippen LogP) is 3.70. The number of hydrogen-bond acceptors (Lipinski definition) is 5. The molecule has 7 heteroatoms. The van der Waals surface area contributed by atoms with Crippen molar-refractivity contribution in [1.29, 1.82) is 0 Å². The van der Waals surface area contributed by atoms with Gasteiger partial charge in [-0.3, -0.25) is 9.59 Å². The molecule has 0 saturated carbocycles. The Bertz CT molecular complexity index is 1070. The fourth-order valence-corrected chi connectivity index (χ4v) is 3.18. The van der Waals surface area contributed by atoms with Crippen LogP contribution in [0.2, 0.25) is 0 Å². The van der Waals surface area contributed by atoms with Crippen molar-refractivity contribution in [2.45, 2.75) is 6.92 Å². The first-order valence-electron chi connectivity index (χ1n) is 9.77. The Balaban J connectivity index is 1.37. The van der Waals surface area contributed by atoms with Crippen LogP contribution in [-0.4, -0.2) is 43.0 Å². The molecule has 0 radical (unpaired) electrons. The van der Waals surface area contributed by atoms with E-state index >= 15 is 0 Å². The lowest BCUT2D eigenvalue weighted by Crippen LogP contribution is -2.36. The van der Waals surface area contributed by atoms with Gasteiger partial charge >= 0.3 is 0 Å². The number of hydrogen-bond donors (Lipinski definition) is 1. The summed E-state index contributed by atoms with van der Waals surface area (Å²) in [5.74, 6) is 1.27. The minimum Gasteiger partial charge on any atom is -0.486 e. The van der Waals surface area contributed by atoms with Crippen molar-refractivity contribution < 1.29 is 23.5 Å². The van der Waals surface area contributed by atoms with E-state index in [0.717, 1.165) is 11.0 Å². The number of furan rings is 1. The van der Waals surface area contributed by atoms with Crippen molar-refractivity contribution in [2.75, 3.05) is 31.6 Å². The highest BCUT2D eigenvalue weighted by Crippen LogP contribution is 2.32. The maximum absolute atomic E-state index is 12.5. The van der Waals surface area contributed by atoms with Crippen LogP contribution in [0.4, 0.5) is 5.69 Å². The number of nitrogens with one attached hydrogen (secondary N) is 1. The van der Waals surface area contributed by atoms with Crippen LogP contribution < -0.4 is 14.8 Å². The highest BCUT2D eigenvalue weighted by molar-refractivity contribution is 5.98. The summed E-state index contributed by atoms with van der Waals surface area (Å²) in [6.45, 7) is 3.14. The number of anilines is 1. The van der Waals surface area contributed by atoms with E-state index in [9.17, 15) is 9.59 Å². The van der Waals surface area contributed by atoms with Crippen LogP contribution in [0.25, 0.3) is 17.0 Å². The molecule has 0 atom stereocenters. The van der Waals surface area contributed by atoms with E-state index in [4.69, 9.17) is 13.9 Å².